The van der Waals surface area contributed by atoms with E-state index in [0.717, 1.165) is 6.42 Å². The van der Waals surface area contributed by atoms with Gasteiger partial charge in [0.15, 0.2) is 0 Å². The van der Waals surface area contributed by atoms with Crippen molar-refractivity contribution >= 4 is 16.8 Å². The Morgan fingerprint density at radius 3 is 2.85 bits per heavy atom. The minimum atomic E-state index is -0.886. The molecule has 0 aromatic carbocycles. The maximum Gasteiger partial charge on any atom is 0.323 e. The predicted octanol–water partition coefficient (Wildman–Crippen LogP) is -0.341. The molecule has 1 aliphatic heterocycles. The third-order valence-corrected chi connectivity index (χ3v) is 3.63. The van der Waals surface area contributed by atoms with Crippen LogP contribution in [0, 0.1) is 0 Å². The van der Waals surface area contributed by atoms with Crippen LogP contribution in [0.1, 0.15) is 13.3 Å². The summed E-state index contributed by atoms with van der Waals surface area (Å²) in [4.78, 5) is 11.2. The smallest absolute Gasteiger partial charge is 0.323 e. The Bertz CT molecular complexity index is 219. The molecule has 0 bridgehead atoms. The first-order chi connectivity index (χ1) is 6.17. The molecule has 3 unspecified atom stereocenters. The summed E-state index contributed by atoms with van der Waals surface area (Å²) in [6, 6.07) is -0.205. The van der Waals surface area contributed by atoms with Gasteiger partial charge in [0, 0.05) is 28.3 Å². The van der Waals surface area contributed by atoms with Gasteiger partial charge in [-0.25, -0.2) is 0 Å². The zero-order chi connectivity index (χ0) is 9.84. The molecule has 13 heavy (non-hydrogen) atoms. The molecule has 1 fully saturated rings. The summed E-state index contributed by atoms with van der Waals surface area (Å²) in [6.45, 7) is 2.01. The average Bonchev–Trinajstić information content (AvgIpc) is 2.15. The summed E-state index contributed by atoms with van der Waals surface area (Å²) in [7, 11) is 0.464. The number of hydrogen-bond donors (Lipinski definition) is 1. The second kappa shape index (κ2) is 4.72. The number of ether oxygens (including phenoxy) is 1. The van der Waals surface area contributed by atoms with Crippen LogP contribution < -0.4 is 5.32 Å². The van der Waals surface area contributed by atoms with E-state index in [-0.39, 0.29) is 18.1 Å². The third-order valence-electron chi connectivity index (χ3n) is 2.16. The van der Waals surface area contributed by atoms with Gasteiger partial charge < -0.3 is 4.74 Å². The number of esters is 1. The molecule has 0 aliphatic carbocycles. The first-order valence-corrected chi connectivity index (χ1v) is 5.85. The lowest BCUT2D eigenvalue weighted by molar-refractivity contribution is -0.142. The summed E-state index contributed by atoms with van der Waals surface area (Å²) in [6.07, 6.45) is 0.888. The molecule has 0 spiro atoms. The van der Waals surface area contributed by atoms with Gasteiger partial charge in [-0.3, -0.25) is 14.3 Å². The number of rotatable bonds is 2. The highest BCUT2D eigenvalue weighted by atomic mass is 32.2. The Hall–Kier alpha value is -0.420. The number of nitrogens with one attached hydrogen (secondary N) is 1. The number of methoxy groups -OCH3 is 1. The van der Waals surface area contributed by atoms with Crippen LogP contribution in [-0.4, -0.2) is 40.9 Å². The van der Waals surface area contributed by atoms with Crippen LogP contribution >= 0.6 is 0 Å². The summed E-state index contributed by atoms with van der Waals surface area (Å²) in [5.41, 5.74) is 0. The van der Waals surface area contributed by atoms with Crippen LogP contribution in [0.4, 0.5) is 0 Å². The van der Waals surface area contributed by atoms with Crippen molar-refractivity contribution < 1.29 is 13.7 Å². The molecule has 1 heterocycles. The quantitative estimate of drug-likeness (QED) is 0.627. The van der Waals surface area contributed by atoms with E-state index in [0.29, 0.717) is 11.5 Å². The minimum Gasteiger partial charge on any atom is -0.468 e. The highest BCUT2D eigenvalue weighted by Crippen LogP contribution is 2.06. The van der Waals surface area contributed by atoms with Gasteiger partial charge in [0.25, 0.3) is 0 Å². The normalized spacial score (nSPS) is 34.2. The molecule has 0 amide bonds. The maximum absolute atomic E-state index is 11.3. The van der Waals surface area contributed by atoms with Crippen molar-refractivity contribution in [2.24, 2.45) is 0 Å². The number of carbonyl (C=O) groups is 1. The minimum absolute atomic E-state index is 0.179. The number of carbonyl (C=O) groups excluding carboxylic acids is 1. The summed E-state index contributed by atoms with van der Waals surface area (Å²) < 4.78 is 15.9. The standard InChI is InChI=1S/C8H15NO3S/c1-3-6-4-13(11)5-7(9-6)8(10)12-2/h6-7,9H,3-5H2,1-2H3. The van der Waals surface area contributed by atoms with E-state index in [1.54, 1.807) is 0 Å². The molecular formula is C8H15NO3S. The maximum atomic E-state index is 11.3. The van der Waals surface area contributed by atoms with Crippen molar-refractivity contribution in [3.05, 3.63) is 0 Å². The molecule has 1 rings (SSSR count). The van der Waals surface area contributed by atoms with Gasteiger partial charge in [-0.1, -0.05) is 6.92 Å². The molecule has 0 aromatic heterocycles. The lowest BCUT2D eigenvalue weighted by Gasteiger charge is -2.27. The topological polar surface area (TPSA) is 55.4 Å². The average molecular weight is 205 g/mol. The predicted molar refractivity (Wildman–Crippen MR) is 50.9 cm³/mol. The van der Waals surface area contributed by atoms with Crippen molar-refractivity contribution in [2.45, 2.75) is 25.4 Å². The van der Waals surface area contributed by atoms with Gasteiger partial charge in [-0.2, -0.15) is 0 Å². The second-order valence-electron chi connectivity index (χ2n) is 3.12. The van der Waals surface area contributed by atoms with Crippen molar-refractivity contribution in [2.75, 3.05) is 18.6 Å². The van der Waals surface area contributed by atoms with Gasteiger partial charge in [0.05, 0.1) is 7.11 Å². The van der Waals surface area contributed by atoms with Crippen LogP contribution in [0.25, 0.3) is 0 Å². The molecule has 0 radical (unpaired) electrons. The van der Waals surface area contributed by atoms with Crippen molar-refractivity contribution in [1.82, 2.24) is 5.32 Å². The van der Waals surface area contributed by atoms with Crippen LogP contribution in [-0.2, 0) is 20.3 Å². The molecule has 4 nitrogen and oxygen atoms in total. The fourth-order valence-corrected chi connectivity index (χ4v) is 2.89. The highest BCUT2D eigenvalue weighted by molar-refractivity contribution is 7.85. The molecule has 3 atom stereocenters. The van der Waals surface area contributed by atoms with E-state index in [1.807, 2.05) is 6.92 Å². The molecule has 5 heteroatoms. The zero-order valence-corrected chi connectivity index (χ0v) is 8.73. The van der Waals surface area contributed by atoms with Gasteiger partial charge in [-0.15, -0.1) is 0 Å². The van der Waals surface area contributed by atoms with E-state index in [4.69, 9.17) is 0 Å². The first kappa shape index (κ1) is 10.7. The Balaban J connectivity index is 2.56. The Morgan fingerprint density at radius 2 is 2.31 bits per heavy atom. The molecule has 1 saturated heterocycles. The van der Waals surface area contributed by atoms with Crippen LogP contribution in [0.2, 0.25) is 0 Å². The second-order valence-corrected chi connectivity index (χ2v) is 4.67. The van der Waals surface area contributed by atoms with E-state index in [9.17, 15) is 9.00 Å². The van der Waals surface area contributed by atoms with E-state index >= 15 is 0 Å². The van der Waals surface area contributed by atoms with Crippen LogP contribution in [0.15, 0.2) is 0 Å². The Morgan fingerprint density at radius 1 is 1.62 bits per heavy atom. The Labute approximate surface area is 80.5 Å². The van der Waals surface area contributed by atoms with Crippen molar-refractivity contribution in [3.63, 3.8) is 0 Å². The summed E-state index contributed by atoms with van der Waals surface area (Å²) in [5.74, 6) is 0.708. The SMILES string of the molecule is CCC1CS(=O)CC(C(=O)OC)N1. The molecule has 76 valence electrons. The lowest BCUT2D eigenvalue weighted by Crippen LogP contribution is -2.53. The van der Waals surface area contributed by atoms with E-state index < -0.39 is 10.8 Å². The molecule has 1 aliphatic rings. The van der Waals surface area contributed by atoms with Crippen LogP contribution in [0.5, 0.6) is 0 Å². The lowest BCUT2D eigenvalue weighted by atomic mass is 10.2. The van der Waals surface area contributed by atoms with Gasteiger partial charge in [0.2, 0.25) is 0 Å². The molecule has 1 N–H and O–H groups in total. The van der Waals surface area contributed by atoms with E-state index in [2.05, 4.69) is 10.1 Å². The van der Waals surface area contributed by atoms with Gasteiger partial charge >= 0.3 is 5.97 Å². The fraction of sp³-hybridized carbons (Fsp3) is 0.875. The Kier molecular flexibility index (Phi) is 3.87. The largest absolute Gasteiger partial charge is 0.468 e. The van der Waals surface area contributed by atoms with Gasteiger partial charge in [-0.05, 0) is 6.42 Å². The summed E-state index contributed by atoms with van der Waals surface area (Å²) in [5, 5.41) is 3.12. The van der Waals surface area contributed by atoms with E-state index in [1.165, 1.54) is 7.11 Å². The summed E-state index contributed by atoms with van der Waals surface area (Å²) >= 11 is 0. The number of hydrogen-bond acceptors (Lipinski definition) is 4. The highest BCUT2D eigenvalue weighted by Gasteiger charge is 2.29. The first-order valence-electron chi connectivity index (χ1n) is 4.36. The van der Waals surface area contributed by atoms with Crippen molar-refractivity contribution in [1.29, 1.82) is 0 Å². The third kappa shape index (κ3) is 2.77. The molecular weight excluding hydrogens is 190 g/mol. The molecule has 0 saturated carbocycles. The zero-order valence-electron chi connectivity index (χ0n) is 7.91. The van der Waals surface area contributed by atoms with Gasteiger partial charge in [0.1, 0.15) is 6.04 Å². The van der Waals surface area contributed by atoms with Crippen molar-refractivity contribution in [3.8, 4) is 0 Å². The molecule has 0 aromatic rings. The monoisotopic (exact) mass is 205 g/mol. The van der Waals surface area contributed by atoms with Crippen LogP contribution in [0.3, 0.4) is 0 Å². The fourth-order valence-electron chi connectivity index (χ4n) is 1.37.